The number of nitriles is 1. The molecule has 19 heavy (non-hydrogen) atoms. The van der Waals surface area contributed by atoms with E-state index in [1.165, 1.54) is 0 Å². The maximum atomic E-state index is 8.86. The Bertz CT molecular complexity index is 428. The van der Waals surface area contributed by atoms with Crippen LogP contribution in [0.15, 0.2) is 12.4 Å². The van der Waals surface area contributed by atoms with Crippen LogP contribution >= 0.6 is 0 Å². The summed E-state index contributed by atoms with van der Waals surface area (Å²) in [4.78, 5) is 10.9. The molecule has 6 heteroatoms. The van der Waals surface area contributed by atoms with E-state index in [1.807, 2.05) is 0 Å². The summed E-state index contributed by atoms with van der Waals surface area (Å²) in [5.74, 6) is 0.808. The van der Waals surface area contributed by atoms with Crippen molar-refractivity contribution in [3.8, 4) is 6.07 Å². The van der Waals surface area contributed by atoms with E-state index < -0.39 is 0 Å². The van der Waals surface area contributed by atoms with E-state index in [1.54, 1.807) is 12.4 Å². The molecule has 1 N–H and O–H groups in total. The van der Waals surface area contributed by atoms with Gasteiger partial charge >= 0.3 is 0 Å². The molecule has 0 radical (unpaired) electrons. The molecule has 2 rings (SSSR count). The van der Waals surface area contributed by atoms with Crippen LogP contribution in [0.2, 0.25) is 0 Å². The van der Waals surface area contributed by atoms with E-state index in [9.17, 15) is 0 Å². The molecule has 0 amide bonds. The molecule has 1 aliphatic rings. The molecule has 1 saturated heterocycles. The lowest BCUT2D eigenvalue weighted by Crippen LogP contribution is -2.41. The van der Waals surface area contributed by atoms with E-state index in [4.69, 9.17) is 10.00 Å². The Morgan fingerprint density at radius 1 is 1.53 bits per heavy atom. The molecule has 1 atom stereocenters. The molecule has 1 fully saturated rings. The van der Waals surface area contributed by atoms with E-state index in [0.717, 1.165) is 31.0 Å². The van der Waals surface area contributed by atoms with Crippen molar-refractivity contribution in [3.63, 3.8) is 0 Å². The lowest BCUT2D eigenvalue weighted by molar-refractivity contribution is -0.00315. The lowest BCUT2D eigenvalue weighted by Gasteiger charge is -2.29. The second kappa shape index (κ2) is 7.02. The van der Waals surface area contributed by atoms with Crippen LogP contribution in [0.3, 0.4) is 0 Å². The van der Waals surface area contributed by atoms with Crippen LogP contribution in [0, 0.1) is 11.3 Å². The molecule has 1 unspecified atom stereocenters. The minimum atomic E-state index is -0.327. The first-order chi connectivity index (χ1) is 9.31. The zero-order valence-corrected chi connectivity index (χ0v) is 11.2. The smallest absolute Gasteiger partial charge is 0.156 e. The Kier molecular flexibility index (Phi) is 5.07. The molecule has 1 aromatic heterocycles. The van der Waals surface area contributed by atoms with E-state index >= 15 is 0 Å². The number of hydrogen-bond acceptors (Lipinski definition) is 6. The molecule has 2 heterocycles. The summed E-state index contributed by atoms with van der Waals surface area (Å²) >= 11 is 0. The highest BCUT2D eigenvalue weighted by atomic mass is 16.5. The van der Waals surface area contributed by atoms with Gasteiger partial charge < -0.3 is 10.1 Å². The molecule has 0 bridgehead atoms. The van der Waals surface area contributed by atoms with Gasteiger partial charge in [0.2, 0.25) is 0 Å². The molecule has 0 saturated carbocycles. The van der Waals surface area contributed by atoms with Crippen molar-refractivity contribution >= 4 is 5.82 Å². The maximum absolute atomic E-state index is 8.86. The zero-order chi connectivity index (χ0) is 13.5. The zero-order valence-electron chi connectivity index (χ0n) is 11.2. The van der Waals surface area contributed by atoms with E-state index in [0.29, 0.717) is 19.7 Å². The number of morpholine rings is 1. The van der Waals surface area contributed by atoms with Crippen molar-refractivity contribution in [1.29, 1.82) is 5.26 Å². The summed E-state index contributed by atoms with van der Waals surface area (Å²) in [6.07, 6.45) is 4.28. The van der Waals surface area contributed by atoms with E-state index in [-0.39, 0.29) is 6.10 Å². The number of aromatic nitrogens is 2. The Labute approximate surface area is 113 Å². The second-order valence-electron chi connectivity index (χ2n) is 4.54. The normalized spacial score (nSPS) is 19.9. The summed E-state index contributed by atoms with van der Waals surface area (Å²) in [6, 6.07) is 2.14. The summed E-state index contributed by atoms with van der Waals surface area (Å²) in [5, 5.41) is 12.0. The van der Waals surface area contributed by atoms with Gasteiger partial charge in [-0.1, -0.05) is 6.92 Å². The molecule has 1 aromatic rings. The summed E-state index contributed by atoms with van der Waals surface area (Å²) in [7, 11) is 0. The van der Waals surface area contributed by atoms with Crippen LogP contribution < -0.4 is 5.32 Å². The number of anilines is 1. The summed E-state index contributed by atoms with van der Waals surface area (Å²) < 4.78 is 5.31. The topological polar surface area (TPSA) is 74.1 Å². The van der Waals surface area contributed by atoms with Crippen LogP contribution in [-0.2, 0) is 11.3 Å². The Balaban J connectivity index is 1.87. The number of rotatable bonds is 5. The van der Waals surface area contributed by atoms with Crippen molar-refractivity contribution < 1.29 is 4.74 Å². The molecular weight excluding hydrogens is 242 g/mol. The number of nitrogens with zero attached hydrogens (tertiary/aromatic N) is 4. The average molecular weight is 261 g/mol. The molecule has 0 aromatic carbocycles. The minimum Gasteiger partial charge on any atom is -0.369 e. The largest absolute Gasteiger partial charge is 0.369 e. The van der Waals surface area contributed by atoms with Crippen LogP contribution in [0.5, 0.6) is 0 Å². The second-order valence-corrected chi connectivity index (χ2v) is 4.54. The van der Waals surface area contributed by atoms with Crippen molar-refractivity contribution in [2.75, 3.05) is 31.6 Å². The van der Waals surface area contributed by atoms with Gasteiger partial charge in [0.05, 0.1) is 30.8 Å². The summed E-state index contributed by atoms with van der Waals surface area (Å²) in [5.41, 5.74) is 0.917. The number of hydrogen-bond donors (Lipinski definition) is 1. The number of ether oxygens (including phenoxy) is 1. The van der Waals surface area contributed by atoms with Crippen LogP contribution in [0.25, 0.3) is 0 Å². The highest BCUT2D eigenvalue weighted by Gasteiger charge is 2.20. The third-order valence-corrected chi connectivity index (χ3v) is 2.94. The quantitative estimate of drug-likeness (QED) is 0.853. The fourth-order valence-electron chi connectivity index (χ4n) is 1.93. The minimum absolute atomic E-state index is 0.327. The van der Waals surface area contributed by atoms with Gasteiger partial charge in [-0.3, -0.25) is 9.88 Å². The first-order valence-corrected chi connectivity index (χ1v) is 6.60. The standard InChI is InChI=1S/C13H19N5O/c1-2-3-15-13-8-16-11(7-17-13)9-18-4-5-19-12(6-14)10-18/h7-8,12H,2-5,9-10H2,1H3,(H,15,17). The maximum Gasteiger partial charge on any atom is 0.156 e. The van der Waals surface area contributed by atoms with Gasteiger partial charge in [0.25, 0.3) is 0 Å². The van der Waals surface area contributed by atoms with Crippen LogP contribution in [0.1, 0.15) is 19.0 Å². The SMILES string of the molecule is CCCNc1cnc(CN2CCOC(C#N)C2)cn1. The van der Waals surface area contributed by atoms with Crippen molar-refractivity contribution in [3.05, 3.63) is 18.1 Å². The van der Waals surface area contributed by atoms with Gasteiger partial charge in [0.1, 0.15) is 5.82 Å². The van der Waals surface area contributed by atoms with Crippen molar-refractivity contribution in [2.45, 2.75) is 26.0 Å². The molecule has 0 aliphatic carbocycles. The summed E-state index contributed by atoms with van der Waals surface area (Å²) in [6.45, 7) is 5.79. The van der Waals surface area contributed by atoms with Gasteiger partial charge in [-0.25, -0.2) is 4.98 Å². The van der Waals surface area contributed by atoms with Gasteiger partial charge in [0.15, 0.2) is 6.10 Å². The average Bonchev–Trinajstić information content (AvgIpc) is 2.47. The fourth-order valence-corrected chi connectivity index (χ4v) is 1.93. The molecule has 6 nitrogen and oxygen atoms in total. The Hall–Kier alpha value is -1.71. The van der Waals surface area contributed by atoms with Crippen molar-refractivity contribution in [2.24, 2.45) is 0 Å². The molecule has 102 valence electrons. The first-order valence-electron chi connectivity index (χ1n) is 6.60. The molecule has 0 spiro atoms. The highest BCUT2D eigenvalue weighted by molar-refractivity contribution is 5.30. The van der Waals surface area contributed by atoms with Gasteiger partial charge in [-0.2, -0.15) is 5.26 Å². The number of nitrogens with one attached hydrogen (secondary N) is 1. The van der Waals surface area contributed by atoms with Crippen LogP contribution in [-0.4, -0.2) is 47.2 Å². The van der Waals surface area contributed by atoms with Gasteiger partial charge in [0, 0.05) is 26.2 Å². The van der Waals surface area contributed by atoms with Crippen LogP contribution in [0.4, 0.5) is 5.82 Å². The Morgan fingerprint density at radius 2 is 2.42 bits per heavy atom. The fraction of sp³-hybridized carbons (Fsp3) is 0.615. The Morgan fingerprint density at radius 3 is 3.11 bits per heavy atom. The monoisotopic (exact) mass is 261 g/mol. The predicted octanol–water partition coefficient (Wildman–Crippen LogP) is 1.02. The third kappa shape index (κ3) is 4.16. The molecule has 1 aliphatic heterocycles. The predicted molar refractivity (Wildman–Crippen MR) is 71.4 cm³/mol. The van der Waals surface area contributed by atoms with Crippen molar-refractivity contribution in [1.82, 2.24) is 14.9 Å². The molecular formula is C13H19N5O. The van der Waals surface area contributed by atoms with Gasteiger partial charge in [-0.05, 0) is 6.42 Å². The third-order valence-electron chi connectivity index (χ3n) is 2.94. The highest BCUT2D eigenvalue weighted by Crippen LogP contribution is 2.09. The van der Waals surface area contributed by atoms with E-state index in [2.05, 4.69) is 33.2 Å². The van der Waals surface area contributed by atoms with Gasteiger partial charge in [-0.15, -0.1) is 0 Å². The first kappa shape index (κ1) is 13.7. The lowest BCUT2D eigenvalue weighted by atomic mass is 10.3.